The van der Waals surface area contributed by atoms with Crippen LogP contribution in [0.25, 0.3) is 0 Å². The summed E-state index contributed by atoms with van der Waals surface area (Å²) in [6.07, 6.45) is 34.4. The summed E-state index contributed by atoms with van der Waals surface area (Å²) in [5.74, 6) is 10.4. The van der Waals surface area contributed by atoms with E-state index in [4.69, 9.17) is 0 Å². The van der Waals surface area contributed by atoms with E-state index in [0.29, 0.717) is 147 Å². The minimum Gasteiger partial charge on any atom is -0.337 e. The van der Waals surface area contributed by atoms with Crippen LogP contribution in [0, 0.1) is 182 Å². The molecule has 14 heteroatoms. The first-order valence-corrected chi connectivity index (χ1v) is 54.1. The van der Waals surface area contributed by atoms with Crippen molar-refractivity contribution in [3.63, 3.8) is 0 Å². The first-order valence-electron chi connectivity index (χ1n) is 54.1. The van der Waals surface area contributed by atoms with Crippen LogP contribution in [0.1, 0.15) is 469 Å². The van der Waals surface area contributed by atoms with Crippen molar-refractivity contribution < 1.29 is 19.2 Å². The second-order valence-electron chi connectivity index (χ2n) is 60.6. The van der Waals surface area contributed by atoms with E-state index >= 15 is 0 Å². The van der Waals surface area contributed by atoms with Crippen LogP contribution in [-0.4, -0.2) is 78.6 Å². The van der Waals surface area contributed by atoms with Gasteiger partial charge in [0.05, 0.1) is 0 Å². The number of aromatic nitrogens is 3. The lowest BCUT2D eigenvalue weighted by atomic mass is 9.58. The molecule has 1 aliphatic heterocycles. The zero-order chi connectivity index (χ0) is 98.4. The van der Waals surface area contributed by atoms with Gasteiger partial charge in [-0.1, -0.05) is 270 Å². The topological polar surface area (TPSA) is 156 Å². The van der Waals surface area contributed by atoms with Crippen LogP contribution in [-0.2, 0) is 24.4 Å². The molecule has 130 heavy (non-hydrogen) atoms. The molecular formula is C116H211N7O7. The Morgan fingerprint density at radius 3 is 0.915 bits per heavy atom. The maximum absolute atomic E-state index is 14.6. The molecule has 9 aliphatic rings. The molecule has 16 unspecified atom stereocenters. The van der Waals surface area contributed by atoms with Crippen molar-refractivity contribution in [1.29, 1.82) is 0 Å². The van der Waals surface area contributed by atoms with E-state index in [9.17, 15) is 33.6 Å². The number of hydrogen-bond donors (Lipinski definition) is 1. The van der Waals surface area contributed by atoms with Crippen LogP contribution in [0.4, 0.5) is 14.4 Å². The summed E-state index contributed by atoms with van der Waals surface area (Å²) >= 11 is 0. The maximum atomic E-state index is 14.6. The smallest absolute Gasteiger partial charge is 0.336 e. The zero-order valence-corrected chi connectivity index (χ0v) is 92.7. The largest absolute Gasteiger partial charge is 0.337 e. The van der Waals surface area contributed by atoms with Crippen molar-refractivity contribution in [3.8, 4) is 0 Å². The number of imide groups is 3. The fraction of sp³-hybridized carbons (Fsp3) is 0.940. The van der Waals surface area contributed by atoms with Gasteiger partial charge < -0.3 is 5.32 Å². The minimum absolute atomic E-state index is 0.0117. The van der Waals surface area contributed by atoms with Gasteiger partial charge in [-0.05, 0) is 374 Å². The average Bonchev–Trinajstić information content (AvgIpc) is 0.746. The van der Waals surface area contributed by atoms with Crippen molar-refractivity contribution in [2.75, 3.05) is 26.2 Å². The van der Waals surface area contributed by atoms with Crippen LogP contribution in [0.5, 0.6) is 0 Å². The molecule has 1 N–H and O–H groups in total. The molecule has 0 radical (unpaired) electrons. The Morgan fingerprint density at radius 1 is 0.308 bits per heavy atom. The van der Waals surface area contributed by atoms with Crippen LogP contribution in [0.3, 0.4) is 0 Å². The lowest BCUT2D eigenvalue weighted by Crippen LogP contribution is -2.68. The van der Waals surface area contributed by atoms with E-state index in [1.807, 2.05) is 0 Å². The second-order valence-corrected chi connectivity index (χ2v) is 60.6. The molecule has 0 spiro atoms. The number of amides is 7. The predicted molar refractivity (Wildman–Crippen MR) is 549 cm³/mol. The Bertz CT molecular complexity index is 3890. The van der Waals surface area contributed by atoms with Crippen molar-refractivity contribution >= 4 is 24.0 Å². The molecule has 10 rings (SSSR count). The van der Waals surface area contributed by atoms with E-state index in [0.717, 1.165) is 103 Å². The van der Waals surface area contributed by atoms with E-state index in [1.54, 1.807) is 14.7 Å². The Kier molecular flexibility index (Phi) is 35.8. The van der Waals surface area contributed by atoms with E-state index in [2.05, 4.69) is 275 Å². The lowest BCUT2D eigenvalue weighted by Gasteiger charge is -2.53. The molecule has 8 saturated carbocycles. The molecular weight excluding hydrogens is 1600 g/mol. The highest BCUT2D eigenvalue weighted by molar-refractivity contribution is 6.11. The molecule has 8 aliphatic carbocycles. The van der Waals surface area contributed by atoms with Gasteiger partial charge in [-0.2, -0.15) is 0 Å². The Balaban J connectivity index is 0.000000245. The molecule has 1 saturated heterocycles. The molecule has 16 atom stereocenters. The summed E-state index contributed by atoms with van der Waals surface area (Å²) in [6, 6.07) is -0.258. The van der Waals surface area contributed by atoms with Gasteiger partial charge >= 0.3 is 35.2 Å². The number of carbonyl (C=O) groups is 4. The van der Waals surface area contributed by atoms with E-state index in [-0.39, 0.29) is 123 Å². The van der Waals surface area contributed by atoms with Gasteiger partial charge in [0.15, 0.2) is 0 Å². The first kappa shape index (κ1) is 112. The van der Waals surface area contributed by atoms with Gasteiger partial charge in [0.2, 0.25) is 5.91 Å². The lowest BCUT2D eigenvalue weighted by molar-refractivity contribution is -0.131. The third kappa shape index (κ3) is 31.9. The van der Waals surface area contributed by atoms with Crippen LogP contribution >= 0.6 is 0 Å². The summed E-state index contributed by atoms with van der Waals surface area (Å²) in [4.78, 5) is 104. The van der Waals surface area contributed by atoms with Gasteiger partial charge in [-0.3, -0.25) is 9.69 Å². The van der Waals surface area contributed by atoms with Crippen LogP contribution in [0.15, 0.2) is 14.4 Å². The van der Waals surface area contributed by atoms with E-state index < -0.39 is 5.69 Å². The fourth-order valence-corrected chi connectivity index (χ4v) is 33.7. The molecule has 7 amide bonds. The zero-order valence-electron chi connectivity index (χ0n) is 92.7. The molecule has 0 bridgehead atoms. The highest BCUT2D eigenvalue weighted by atomic mass is 16.2. The maximum Gasteiger partial charge on any atom is 0.336 e. The molecule has 9 fully saturated rings. The van der Waals surface area contributed by atoms with Gasteiger partial charge in [-0.25, -0.2) is 52.3 Å². The summed E-state index contributed by atoms with van der Waals surface area (Å²) < 4.78 is 4.51. The summed E-state index contributed by atoms with van der Waals surface area (Å²) in [7, 11) is 0. The van der Waals surface area contributed by atoms with Crippen molar-refractivity contribution in [3.05, 3.63) is 31.5 Å². The second kappa shape index (κ2) is 41.8. The highest BCUT2D eigenvalue weighted by Crippen LogP contribution is 2.59. The van der Waals surface area contributed by atoms with Crippen molar-refractivity contribution in [2.24, 2.45) is 182 Å². The fourth-order valence-electron chi connectivity index (χ4n) is 33.7. The SMILES string of the molecule is CC(C)C1CC(Cn2c(=O)n(CC3(C)CC(C(C)C)CC(C)(C)C3)c(=O)n(CC3(C)CC(C(C)C)CC(C)(C)C3)c2=O)CC(C)(C)C1.CC(C)CC1CC(C)(C)CC(C)(CCC(=O)N(CC2(C)CC(CC(C)C)CC(C)(C)C2)C(=O)NCC2(C)CC(CC(C)C)CC(C)(C)C2)C1.CC(C)CC1CC(C)(C)CC(C)(CN2C(=O)N(CC3(C)CC(CC(C)C)CC(C)(C)C3)C2=O)C1. The Morgan fingerprint density at radius 2 is 0.577 bits per heavy atom. The first-order chi connectivity index (χ1) is 59.0. The number of carbonyl (C=O) groups excluding carboxylic acids is 4. The average molecular weight is 1820 g/mol. The number of hydrogen-bond acceptors (Lipinski definition) is 7. The third-order valence-corrected chi connectivity index (χ3v) is 34.3. The number of nitrogens with zero attached hydrogens (tertiary/aromatic N) is 6. The monoisotopic (exact) mass is 1810 g/mol. The molecule has 0 aromatic carbocycles. The molecule has 14 nitrogen and oxygen atoms in total. The summed E-state index contributed by atoms with van der Waals surface area (Å²) in [5, 5.41) is 3.41. The summed E-state index contributed by atoms with van der Waals surface area (Å²) in [5.41, 5.74) is 0.242. The molecule has 1 aromatic rings. The van der Waals surface area contributed by atoms with Crippen LogP contribution < -0.4 is 22.4 Å². The van der Waals surface area contributed by atoms with Crippen LogP contribution in [0.2, 0.25) is 0 Å². The number of nitrogens with one attached hydrogen (secondary N) is 1. The molecule has 1 aromatic heterocycles. The van der Waals surface area contributed by atoms with Gasteiger partial charge in [0.25, 0.3) is 0 Å². The van der Waals surface area contributed by atoms with E-state index in [1.165, 1.54) is 104 Å². The standard InChI is InChI=1S/C45H84N2O2.C41H73N3O3.C30H54N2O2/c1-32(2)18-35-21-40(7,8)27-43(13,24-35)17-16-38(48)47(31-45(15)26-37(20-34(5)6)23-42(11,12)29-45)39(49)46-30-44(14)25-36(19-33(3)4)22-41(9,10)28-44;1-27(2)31-15-30(16-37(7,8)17-31)22-42-34(45)43(25-40(13)20-32(28(3)4)18-38(9,10)23-40)36(47)44(35(42)46)26-41(14)21-33(29(5)6)19-39(11,12)24-41;1-21(2)11-23-13-27(5,6)17-29(9,15-23)19-31-25(33)32(26(31)34)20-30(10)16-24(12-22(3)4)14-28(7,8)18-30/h32-37H,16-31H2,1-15H3,(H,46,49);27-33H,15-26H2,1-14H3;21-24H,11-20H2,1-10H3. The van der Waals surface area contributed by atoms with Crippen molar-refractivity contribution in [2.45, 2.75) is 489 Å². The molecule has 2 heterocycles. The normalized spacial score (nSPS) is 34.5. The summed E-state index contributed by atoms with van der Waals surface area (Å²) in [6.45, 7) is 94.9. The highest BCUT2D eigenvalue weighted by Gasteiger charge is 2.55. The number of urea groups is 3. The van der Waals surface area contributed by atoms with Gasteiger partial charge in [0, 0.05) is 52.2 Å². The third-order valence-electron chi connectivity index (χ3n) is 34.3. The van der Waals surface area contributed by atoms with Gasteiger partial charge in [0.1, 0.15) is 0 Å². The Labute approximate surface area is 800 Å². The predicted octanol–water partition coefficient (Wildman–Crippen LogP) is 30.8. The van der Waals surface area contributed by atoms with Gasteiger partial charge in [-0.15, -0.1) is 0 Å². The molecule has 752 valence electrons. The Hall–Kier alpha value is -3.71. The number of rotatable bonds is 30. The minimum atomic E-state index is -0.392. The van der Waals surface area contributed by atoms with Crippen molar-refractivity contribution in [1.82, 2.24) is 33.7 Å². The quantitative estimate of drug-likeness (QED) is 0.0804.